The molecule has 0 saturated heterocycles. The first-order chi connectivity index (χ1) is 9.62. The number of benzene rings is 1. The highest BCUT2D eigenvalue weighted by Crippen LogP contribution is 2.37. The second-order valence-corrected chi connectivity index (χ2v) is 3.93. The van der Waals surface area contributed by atoms with E-state index in [0.29, 0.717) is 22.6 Å². The zero-order chi connectivity index (χ0) is 15.1. The summed E-state index contributed by atoms with van der Waals surface area (Å²) in [6, 6.07) is 3.51. The van der Waals surface area contributed by atoms with Crippen LogP contribution in [0, 0.1) is 0 Å². The average molecular weight is 284 g/mol. The van der Waals surface area contributed by atoms with Gasteiger partial charge >= 0.3 is 5.97 Å². The van der Waals surface area contributed by atoms with Crippen LogP contribution >= 0.6 is 0 Å². The largest absolute Gasteiger partial charge is 0.493 e. The van der Waals surface area contributed by atoms with E-state index < -0.39 is 6.29 Å². The number of esters is 1. The number of carbonyl (C=O) groups excluding carboxylic acids is 1. The van der Waals surface area contributed by atoms with Crippen molar-refractivity contribution in [2.75, 3.05) is 35.5 Å². The van der Waals surface area contributed by atoms with Gasteiger partial charge in [0, 0.05) is 25.3 Å². The van der Waals surface area contributed by atoms with Gasteiger partial charge in [-0.2, -0.15) is 0 Å². The van der Waals surface area contributed by atoms with E-state index in [1.165, 1.54) is 35.5 Å². The van der Waals surface area contributed by atoms with E-state index in [-0.39, 0.29) is 12.4 Å². The van der Waals surface area contributed by atoms with Gasteiger partial charge in [0.25, 0.3) is 0 Å². The van der Waals surface area contributed by atoms with Gasteiger partial charge in [-0.25, -0.2) is 0 Å². The fourth-order valence-corrected chi connectivity index (χ4v) is 1.98. The molecule has 0 heterocycles. The molecule has 0 radical (unpaired) electrons. The average Bonchev–Trinajstić information content (AvgIpc) is 2.48. The Hall–Kier alpha value is -1.79. The number of rotatable bonds is 7. The summed E-state index contributed by atoms with van der Waals surface area (Å²) in [4.78, 5) is 11.6. The molecular weight excluding hydrogens is 264 g/mol. The first-order valence-corrected chi connectivity index (χ1v) is 5.99. The SMILES string of the molecule is COC(=O)Cc1c(C(OC)OC)ccc(OC)c1OC. The van der Waals surface area contributed by atoms with E-state index in [0.717, 1.165) is 0 Å². The lowest BCUT2D eigenvalue weighted by atomic mass is 10.0. The Labute approximate surface area is 118 Å². The summed E-state index contributed by atoms with van der Waals surface area (Å²) in [6.45, 7) is 0. The highest BCUT2D eigenvalue weighted by molar-refractivity contribution is 5.75. The molecule has 0 unspecified atom stereocenters. The molecule has 0 spiro atoms. The van der Waals surface area contributed by atoms with Gasteiger partial charge in [-0.15, -0.1) is 0 Å². The maximum Gasteiger partial charge on any atom is 0.310 e. The minimum atomic E-state index is -0.602. The number of hydrogen-bond donors (Lipinski definition) is 0. The van der Waals surface area contributed by atoms with Crippen LogP contribution in [0.4, 0.5) is 0 Å². The summed E-state index contributed by atoms with van der Waals surface area (Å²) in [5.74, 6) is 0.611. The van der Waals surface area contributed by atoms with Crippen molar-refractivity contribution < 1.29 is 28.5 Å². The van der Waals surface area contributed by atoms with Gasteiger partial charge in [0.2, 0.25) is 0 Å². The third kappa shape index (κ3) is 3.40. The van der Waals surface area contributed by atoms with Crippen LogP contribution in [0.5, 0.6) is 11.5 Å². The van der Waals surface area contributed by atoms with Crippen molar-refractivity contribution in [2.45, 2.75) is 12.7 Å². The third-order valence-corrected chi connectivity index (χ3v) is 2.92. The normalized spacial score (nSPS) is 10.5. The molecule has 1 aromatic carbocycles. The van der Waals surface area contributed by atoms with Crippen LogP contribution in [0.3, 0.4) is 0 Å². The van der Waals surface area contributed by atoms with E-state index in [1.807, 2.05) is 0 Å². The van der Waals surface area contributed by atoms with E-state index >= 15 is 0 Å². The summed E-state index contributed by atoms with van der Waals surface area (Å²) < 4.78 is 25.8. The predicted molar refractivity (Wildman–Crippen MR) is 72.0 cm³/mol. The zero-order valence-electron chi connectivity index (χ0n) is 12.4. The van der Waals surface area contributed by atoms with Crippen LogP contribution in [0.1, 0.15) is 17.4 Å². The van der Waals surface area contributed by atoms with E-state index in [4.69, 9.17) is 23.7 Å². The Morgan fingerprint density at radius 1 is 1.05 bits per heavy atom. The van der Waals surface area contributed by atoms with Crippen LogP contribution in [-0.4, -0.2) is 41.5 Å². The number of hydrogen-bond acceptors (Lipinski definition) is 6. The molecule has 0 atom stereocenters. The van der Waals surface area contributed by atoms with Crippen LogP contribution < -0.4 is 9.47 Å². The number of methoxy groups -OCH3 is 5. The second-order valence-electron chi connectivity index (χ2n) is 3.93. The quantitative estimate of drug-likeness (QED) is 0.561. The molecule has 0 fully saturated rings. The predicted octanol–water partition coefficient (Wildman–Crippen LogP) is 1.71. The molecule has 1 aromatic rings. The van der Waals surface area contributed by atoms with Gasteiger partial charge in [-0.3, -0.25) is 4.79 Å². The molecule has 0 saturated carbocycles. The van der Waals surface area contributed by atoms with Crippen LogP contribution in [0.15, 0.2) is 12.1 Å². The van der Waals surface area contributed by atoms with Crippen molar-refractivity contribution in [1.82, 2.24) is 0 Å². The highest BCUT2D eigenvalue weighted by atomic mass is 16.7. The van der Waals surface area contributed by atoms with Gasteiger partial charge in [-0.05, 0) is 12.1 Å². The molecule has 0 aliphatic carbocycles. The van der Waals surface area contributed by atoms with Gasteiger partial charge < -0.3 is 23.7 Å². The topological polar surface area (TPSA) is 63.2 Å². The Bertz CT molecular complexity index is 453. The molecule has 6 heteroatoms. The van der Waals surface area contributed by atoms with E-state index in [2.05, 4.69) is 0 Å². The molecule has 0 aromatic heterocycles. The number of ether oxygens (including phenoxy) is 5. The molecule has 0 amide bonds. The van der Waals surface area contributed by atoms with Gasteiger partial charge in [0.15, 0.2) is 17.8 Å². The first-order valence-electron chi connectivity index (χ1n) is 5.99. The van der Waals surface area contributed by atoms with Crippen molar-refractivity contribution in [3.8, 4) is 11.5 Å². The molecular formula is C14H20O6. The second kappa shape index (κ2) is 7.72. The molecule has 6 nitrogen and oxygen atoms in total. The van der Waals surface area contributed by atoms with Crippen LogP contribution in [-0.2, 0) is 25.4 Å². The summed E-state index contributed by atoms with van der Waals surface area (Å²) in [5.41, 5.74) is 1.31. The Morgan fingerprint density at radius 2 is 1.70 bits per heavy atom. The molecule has 0 N–H and O–H groups in total. The lowest BCUT2D eigenvalue weighted by Gasteiger charge is -2.21. The van der Waals surface area contributed by atoms with Crippen molar-refractivity contribution in [3.63, 3.8) is 0 Å². The monoisotopic (exact) mass is 284 g/mol. The first kappa shape index (κ1) is 16.3. The lowest BCUT2D eigenvalue weighted by Crippen LogP contribution is -2.13. The van der Waals surface area contributed by atoms with E-state index in [9.17, 15) is 4.79 Å². The fraction of sp³-hybridized carbons (Fsp3) is 0.500. The molecule has 20 heavy (non-hydrogen) atoms. The zero-order valence-corrected chi connectivity index (χ0v) is 12.4. The van der Waals surface area contributed by atoms with Crippen molar-refractivity contribution in [2.24, 2.45) is 0 Å². The van der Waals surface area contributed by atoms with Crippen molar-refractivity contribution >= 4 is 5.97 Å². The Morgan fingerprint density at radius 3 is 2.15 bits per heavy atom. The van der Waals surface area contributed by atoms with E-state index in [1.54, 1.807) is 12.1 Å². The summed E-state index contributed by atoms with van der Waals surface area (Å²) in [7, 11) is 7.42. The maximum absolute atomic E-state index is 11.6. The Balaban J connectivity index is 3.38. The lowest BCUT2D eigenvalue weighted by molar-refractivity contribution is -0.140. The Kier molecular flexibility index (Phi) is 6.27. The third-order valence-electron chi connectivity index (χ3n) is 2.92. The summed E-state index contributed by atoms with van der Waals surface area (Å²) in [5, 5.41) is 0. The standard InChI is InChI=1S/C14H20O6/c1-16-11-7-6-9(14(19-4)20-5)10(13(11)18-3)8-12(15)17-2/h6-7,14H,8H2,1-5H3. The summed E-state index contributed by atoms with van der Waals surface area (Å²) in [6.07, 6.45) is -0.565. The summed E-state index contributed by atoms with van der Waals surface area (Å²) >= 11 is 0. The van der Waals surface area contributed by atoms with Crippen molar-refractivity contribution in [1.29, 1.82) is 0 Å². The molecule has 0 aliphatic rings. The van der Waals surface area contributed by atoms with Crippen molar-refractivity contribution in [3.05, 3.63) is 23.3 Å². The smallest absolute Gasteiger partial charge is 0.310 e. The molecule has 1 rings (SSSR count). The number of carbonyl (C=O) groups is 1. The van der Waals surface area contributed by atoms with Gasteiger partial charge in [0.1, 0.15) is 0 Å². The van der Waals surface area contributed by atoms with Gasteiger partial charge in [0.05, 0.1) is 27.8 Å². The molecule has 112 valence electrons. The fourth-order valence-electron chi connectivity index (χ4n) is 1.98. The highest BCUT2D eigenvalue weighted by Gasteiger charge is 2.23. The molecule has 0 bridgehead atoms. The minimum Gasteiger partial charge on any atom is -0.493 e. The maximum atomic E-state index is 11.6. The molecule has 0 aliphatic heterocycles. The van der Waals surface area contributed by atoms with Gasteiger partial charge in [-0.1, -0.05) is 0 Å². The minimum absolute atomic E-state index is 0.0371. The van der Waals surface area contributed by atoms with Crippen LogP contribution in [0.25, 0.3) is 0 Å². The van der Waals surface area contributed by atoms with Crippen LogP contribution in [0.2, 0.25) is 0 Å².